The zero-order chi connectivity index (χ0) is 22.6. The number of anilines is 1. The summed E-state index contributed by atoms with van der Waals surface area (Å²) in [5.74, 6) is -0.0232. The summed E-state index contributed by atoms with van der Waals surface area (Å²) < 4.78 is 38.0. The zero-order valence-electron chi connectivity index (χ0n) is 16.7. The maximum atomic E-state index is 13.3. The number of rotatable bonds is 7. The molecular formula is C22H19Cl2NO5S. The van der Waals surface area contributed by atoms with Crippen molar-refractivity contribution in [2.45, 2.75) is 11.8 Å². The van der Waals surface area contributed by atoms with Crippen molar-refractivity contribution < 1.29 is 22.7 Å². The molecular weight excluding hydrogens is 461 g/mol. The summed E-state index contributed by atoms with van der Waals surface area (Å²) in [6.07, 6.45) is 0. The Bertz CT molecular complexity index is 1200. The Morgan fingerprint density at radius 3 is 2.26 bits per heavy atom. The Kier molecular flexibility index (Phi) is 7.10. The van der Waals surface area contributed by atoms with E-state index in [1.807, 2.05) is 0 Å². The van der Waals surface area contributed by atoms with Crippen LogP contribution in [0.2, 0.25) is 10.0 Å². The van der Waals surface area contributed by atoms with E-state index in [2.05, 4.69) is 0 Å². The molecule has 31 heavy (non-hydrogen) atoms. The number of aryl methyl sites for hydroxylation is 1. The molecule has 3 rings (SSSR count). The number of sulfonamides is 1. The SMILES string of the molecule is COc1ccc(N(C(=O)COc2ccc(Cl)cc2C)S(=O)(=O)c2ccccc2)cc1Cl. The van der Waals surface area contributed by atoms with Crippen molar-refractivity contribution in [2.75, 3.05) is 18.0 Å². The van der Waals surface area contributed by atoms with E-state index in [1.54, 1.807) is 43.3 Å². The lowest BCUT2D eigenvalue weighted by Crippen LogP contribution is -2.40. The lowest BCUT2D eigenvalue weighted by Gasteiger charge is -2.23. The van der Waals surface area contributed by atoms with Crippen molar-refractivity contribution >= 4 is 44.8 Å². The van der Waals surface area contributed by atoms with Crippen molar-refractivity contribution in [2.24, 2.45) is 0 Å². The summed E-state index contributed by atoms with van der Waals surface area (Å²) in [7, 11) is -2.79. The lowest BCUT2D eigenvalue weighted by molar-refractivity contribution is -0.119. The first-order valence-corrected chi connectivity index (χ1v) is 11.3. The molecule has 3 aromatic carbocycles. The molecule has 162 valence electrons. The smallest absolute Gasteiger partial charge is 0.278 e. The number of hydrogen-bond donors (Lipinski definition) is 0. The van der Waals surface area contributed by atoms with Crippen LogP contribution in [0.25, 0.3) is 0 Å². The fraction of sp³-hybridized carbons (Fsp3) is 0.136. The van der Waals surface area contributed by atoms with Crippen LogP contribution >= 0.6 is 23.2 Å². The van der Waals surface area contributed by atoms with E-state index in [0.717, 1.165) is 0 Å². The van der Waals surface area contributed by atoms with E-state index < -0.39 is 22.5 Å². The van der Waals surface area contributed by atoms with Gasteiger partial charge in [0.15, 0.2) is 6.61 Å². The minimum absolute atomic E-state index is 0.0436. The van der Waals surface area contributed by atoms with E-state index in [4.69, 9.17) is 32.7 Å². The number of hydrogen-bond acceptors (Lipinski definition) is 5. The topological polar surface area (TPSA) is 72.9 Å². The number of methoxy groups -OCH3 is 1. The highest BCUT2D eigenvalue weighted by atomic mass is 35.5. The van der Waals surface area contributed by atoms with Crippen molar-refractivity contribution in [3.05, 3.63) is 82.3 Å². The molecule has 0 aliphatic rings. The Morgan fingerprint density at radius 2 is 1.65 bits per heavy atom. The van der Waals surface area contributed by atoms with Crippen LogP contribution in [0.15, 0.2) is 71.6 Å². The van der Waals surface area contributed by atoms with E-state index >= 15 is 0 Å². The third-order valence-corrected chi connectivity index (χ3v) is 6.66. The van der Waals surface area contributed by atoms with Gasteiger partial charge in [0.1, 0.15) is 11.5 Å². The highest BCUT2D eigenvalue weighted by molar-refractivity contribution is 7.93. The Labute approximate surface area is 191 Å². The van der Waals surface area contributed by atoms with E-state index in [1.165, 1.54) is 37.4 Å². The molecule has 1 amide bonds. The molecule has 0 aromatic heterocycles. The van der Waals surface area contributed by atoms with Gasteiger partial charge >= 0.3 is 0 Å². The largest absolute Gasteiger partial charge is 0.495 e. The highest BCUT2D eigenvalue weighted by Crippen LogP contribution is 2.32. The predicted octanol–water partition coefficient (Wildman–Crippen LogP) is 5.11. The molecule has 0 N–H and O–H groups in total. The first-order chi connectivity index (χ1) is 14.7. The average molecular weight is 480 g/mol. The molecule has 0 bridgehead atoms. The van der Waals surface area contributed by atoms with Crippen LogP contribution < -0.4 is 13.8 Å². The monoisotopic (exact) mass is 479 g/mol. The minimum atomic E-state index is -4.23. The first kappa shape index (κ1) is 22.9. The molecule has 0 unspecified atom stereocenters. The molecule has 0 fully saturated rings. The summed E-state index contributed by atoms with van der Waals surface area (Å²) in [6, 6.07) is 16.8. The fourth-order valence-electron chi connectivity index (χ4n) is 2.87. The van der Waals surface area contributed by atoms with Crippen molar-refractivity contribution in [1.29, 1.82) is 0 Å². The van der Waals surface area contributed by atoms with Gasteiger partial charge in [-0.2, -0.15) is 4.31 Å². The Morgan fingerprint density at radius 1 is 0.968 bits per heavy atom. The van der Waals surface area contributed by atoms with Crippen LogP contribution in [-0.2, 0) is 14.8 Å². The quantitative estimate of drug-likeness (QED) is 0.470. The number of amides is 1. The number of ether oxygens (including phenoxy) is 2. The number of halogens is 2. The normalized spacial score (nSPS) is 11.1. The minimum Gasteiger partial charge on any atom is -0.495 e. The van der Waals surface area contributed by atoms with E-state index in [-0.39, 0.29) is 15.6 Å². The fourth-order valence-corrected chi connectivity index (χ4v) is 4.77. The summed E-state index contributed by atoms with van der Waals surface area (Å²) in [4.78, 5) is 13.1. The highest BCUT2D eigenvalue weighted by Gasteiger charge is 2.32. The van der Waals surface area contributed by atoms with E-state index in [0.29, 0.717) is 26.4 Å². The van der Waals surface area contributed by atoms with Crippen molar-refractivity contribution in [3.63, 3.8) is 0 Å². The van der Waals surface area contributed by atoms with Crippen LogP contribution in [-0.4, -0.2) is 28.0 Å². The number of benzene rings is 3. The summed E-state index contributed by atoms with van der Waals surface area (Å²) in [6.45, 7) is 1.26. The van der Waals surface area contributed by atoms with Crippen LogP contribution in [0.4, 0.5) is 5.69 Å². The Hall–Kier alpha value is -2.74. The van der Waals surface area contributed by atoms with Crippen LogP contribution in [0.1, 0.15) is 5.56 Å². The second-order valence-electron chi connectivity index (χ2n) is 6.49. The van der Waals surface area contributed by atoms with Gasteiger partial charge in [0.2, 0.25) is 0 Å². The molecule has 3 aromatic rings. The van der Waals surface area contributed by atoms with Crippen molar-refractivity contribution in [3.8, 4) is 11.5 Å². The number of carbonyl (C=O) groups excluding carboxylic acids is 1. The molecule has 9 heteroatoms. The van der Waals surface area contributed by atoms with Gasteiger partial charge in [0.25, 0.3) is 15.9 Å². The van der Waals surface area contributed by atoms with Gasteiger partial charge < -0.3 is 9.47 Å². The molecule has 6 nitrogen and oxygen atoms in total. The van der Waals surface area contributed by atoms with Crippen molar-refractivity contribution in [1.82, 2.24) is 0 Å². The summed E-state index contributed by atoms with van der Waals surface area (Å²) in [5, 5.41) is 0.688. The van der Waals surface area contributed by atoms with Crippen LogP contribution in [0, 0.1) is 6.92 Å². The first-order valence-electron chi connectivity index (χ1n) is 9.09. The molecule has 0 heterocycles. The molecule has 0 spiro atoms. The van der Waals surface area contributed by atoms with Gasteiger partial charge in [0.05, 0.1) is 22.7 Å². The van der Waals surface area contributed by atoms with Gasteiger partial charge in [-0.25, -0.2) is 8.42 Å². The summed E-state index contributed by atoms with van der Waals surface area (Å²) >= 11 is 12.1. The van der Waals surface area contributed by atoms with Gasteiger partial charge in [-0.15, -0.1) is 0 Å². The molecule has 0 atom stereocenters. The maximum absolute atomic E-state index is 13.3. The molecule has 0 saturated heterocycles. The average Bonchev–Trinajstić information content (AvgIpc) is 2.74. The predicted molar refractivity (Wildman–Crippen MR) is 121 cm³/mol. The lowest BCUT2D eigenvalue weighted by atomic mass is 10.2. The third kappa shape index (κ3) is 5.12. The second kappa shape index (κ2) is 9.60. The molecule has 0 aliphatic carbocycles. The number of nitrogens with zero attached hydrogens (tertiary/aromatic N) is 1. The van der Waals surface area contributed by atoms with Gasteiger partial charge in [0, 0.05) is 5.02 Å². The molecule has 0 saturated carbocycles. The second-order valence-corrected chi connectivity index (χ2v) is 9.12. The molecule has 0 radical (unpaired) electrons. The standard InChI is InChI=1S/C22H19Cl2NO5S/c1-15-12-16(23)8-10-20(15)30-14-22(26)25(17-9-11-21(29-2)19(24)13-17)31(27,28)18-6-4-3-5-7-18/h3-13H,14H2,1-2H3. The molecule has 0 aliphatic heterocycles. The third-order valence-electron chi connectivity index (χ3n) is 4.37. The Balaban J connectivity index is 1.99. The number of carbonyl (C=O) groups is 1. The van der Waals surface area contributed by atoms with E-state index in [9.17, 15) is 13.2 Å². The zero-order valence-corrected chi connectivity index (χ0v) is 19.0. The maximum Gasteiger partial charge on any atom is 0.278 e. The van der Waals surface area contributed by atoms with Crippen LogP contribution in [0.5, 0.6) is 11.5 Å². The summed E-state index contributed by atoms with van der Waals surface area (Å²) in [5.41, 5.74) is 0.779. The van der Waals surface area contributed by atoms with Crippen LogP contribution in [0.3, 0.4) is 0 Å². The van der Waals surface area contributed by atoms with Gasteiger partial charge in [-0.1, -0.05) is 41.4 Å². The van der Waals surface area contributed by atoms with Gasteiger partial charge in [-0.3, -0.25) is 4.79 Å². The van der Waals surface area contributed by atoms with Gasteiger partial charge in [-0.05, 0) is 61.0 Å².